The predicted octanol–water partition coefficient (Wildman–Crippen LogP) is 13.3. The van der Waals surface area contributed by atoms with Crippen LogP contribution < -0.4 is 0 Å². The Hall–Kier alpha value is -6.90. The van der Waals surface area contributed by atoms with Gasteiger partial charge in [-0.2, -0.15) is 0 Å². The average Bonchev–Trinajstić information content (AvgIpc) is 3.56. The van der Waals surface area contributed by atoms with Gasteiger partial charge in [-0.25, -0.2) is 9.97 Å². The van der Waals surface area contributed by atoms with Crippen molar-refractivity contribution < 1.29 is 0 Å². The molecule has 52 heavy (non-hydrogen) atoms. The zero-order valence-corrected chi connectivity index (χ0v) is 28.4. The largest absolute Gasteiger partial charge is 0.228 e. The zero-order chi connectivity index (χ0) is 34.4. The van der Waals surface area contributed by atoms with E-state index in [-0.39, 0.29) is 0 Å². The highest BCUT2D eigenvalue weighted by molar-refractivity contribution is 6.19. The van der Waals surface area contributed by atoms with Gasteiger partial charge in [0, 0.05) is 16.7 Å². The quantitative estimate of drug-likeness (QED) is 0.177. The number of fused-ring (bicyclic) bond motifs is 3. The molecule has 0 saturated heterocycles. The van der Waals surface area contributed by atoms with Crippen LogP contribution in [0.2, 0.25) is 0 Å². The highest BCUT2D eigenvalue weighted by atomic mass is 14.9. The van der Waals surface area contributed by atoms with Gasteiger partial charge in [0.2, 0.25) is 0 Å². The zero-order valence-electron chi connectivity index (χ0n) is 28.4. The molecule has 0 radical (unpaired) electrons. The van der Waals surface area contributed by atoms with Crippen molar-refractivity contribution in [2.24, 2.45) is 0 Å². The molecular formula is C50H32N2. The van der Waals surface area contributed by atoms with E-state index in [9.17, 15) is 0 Å². The predicted molar refractivity (Wildman–Crippen MR) is 217 cm³/mol. The third kappa shape index (κ3) is 5.12. The van der Waals surface area contributed by atoms with Crippen LogP contribution in [0.5, 0.6) is 0 Å². The fourth-order valence-corrected chi connectivity index (χ4v) is 7.78. The van der Waals surface area contributed by atoms with Crippen LogP contribution in [-0.2, 0) is 0 Å². The first-order valence-corrected chi connectivity index (χ1v) is 17.7. The minimum atomic E-state index is 0.710. The van der Waals surface area contributed by atoms with Gasteiger partial charge in [-0.3, -0.25) is 0 Å². The SMILES string of the molecule is c1ccc(-c2cccc(-c3cc(-c4ccc(-c5ccccc5-c5ccc6c7c(cccc57)-c5ccccc5-6)cc4)nc(-c4ccccc4)n3)c2)cc1. The third-order valence-electron chi connectivity index (χ3n) is 10.3. The van der Waals surface area contributed by atoms with Crippen LogP contribution in [0.1, 0.15) is 0 Å². The van der Waals surface area contributed by atoms with Crippen molar-refractivity contribution in [3.63, 3.8) is 0 Å². The summed E-state index contributed by atoms with van der Waals surface area (Å²) in [5.74, 6) is 0.710. The maximum Gasteiger partial charge on any atom is 0.160 e. The number of rotatable bonds is 6. The van der Waals surface area contributed by atoms with Crippen LogP contribution >= 0.6 is 0 Å². The lowest BCUT2D eigenvalue weighted by atomic mass is 9.89. The fraction of sp³-hybridized carbons (Fsp3) is 0. The van der Waals surface area contributed by atoms with Gasteiger partial charge >= 0.3 is 0 Å². The second-order valence-electron chi connectivity index (χ2n) is 13.3. The van der Waals surface area contributed by atoms with Crippen molar-refractivity contribution in [1.29, 1.82) is 0 Å². The molecule has 0 spiro atoms. The molecule has 0 atom stereocenters. The van der Waals surface area contributed by atoms with Crippen LogP contribution in [0, 0.1) is 0 Å². The highest BCUT2D eigenvalue weighted by Gasteiger charge is 2.23. The van der Waals surface area contributed by atoms with Gasteiger partial charge in [0.05, 0.1) is 11.4 Å². The van der Waals surface area contributed by atoms with Gasteiger partial charge in [-0.15, -0.1) is 0 Å². The number of nitrogens with zero attached hydrogens (tertiary/aromatic N) is 2. The van der Waals surface area contributed by atoms with Crippen molar-refractivity contribution in [2.75, 3.05) is 0 Å². The summed E-state index contributed by atoms with van der Waals surface area (Å²) in [4.78, 5) is 10.2. The maximum absolute atomic E-state index is 5.11. The molecule has 0 saturated carbocycles. The average molecular weight is 661 g/mol. The standard InChI is InChI=1S/C50H32N2/c1-3-13-33(14-4-1)37-17-11-18-38(31-37)48-32-47(51-50(52-48)36-15-5-2-6-16-36)35-27-25-34(26-28-35)39-19-7-8-20-40(39)43-29-30-46-42-22-10-9-21-41(42)44-23-12-24-45(43)49(44)46/h1-32H. The van der Waals surface area contributed by atoms with Gasteiger partial charge in [-0.05, 0) is 78.5 Å². The third-order valence-corrected chi connectivity index (χ3v) is 10.3. The van der Waals surface area contributed by atoms with Crippen LogP contribution in [-0.4, -0.2) is 9.97 Å². The van der Waals surface area contributed by atoms with Crippen molar-refractivity contribution in [3.8, 4) is 89.5 Å². The molecule has 2 heteroatoms. The molecule has 0 bridgehead atoms. The Kier molecular flexibility index (Phi) is 7.18. The van der Waals surface area contributed by atoms with E-state index in [0.717, 1.165) is 33.6 Å². The van der Waals surface area contributed by atoms with Crippen molar-refractivity contribution in [3.05, 3.63) is 194 Å². The molecule has 0 unspecified atom stereocenters. The van der Waals surface area contributed by atoms with Gasteiger partial charge in [0.15, 0.2) is 5.82 Å². The van der Waals surface area contributed by atoms with E-state index in [0.29, 0.717) is 5.82 Å². The molecule has 1 aromatic heterocycles. The van der Waals surface area contributed by atoms with E-state index in [1.54, 1.807) is 0 Å². The van der Waals surface area contributed by atoms with E-state index >= 15 is 0 Å². The first-order valence-electron chi connectivity index (χ1n) is 17.7. The van der Waals surface area contributed by atoms with Crippen LogP contribution in [0.4, 0.5) is 0 Å². The molecule has 1 aliphatic rings. The lowest BCUT2D eigenvalue weighted by Gasteiger charge is -2.15. The first kappa shape index (κ1) is 30.0. The van der Waals surface area contributed by atoms with Gasteiger partial charge < -0.3 is 0 Å². The first-order chi connectivity index (χ1) is 25.8. The Morgan fingerprint density at radius 3 is 1.44 bits per heavy atom. The summed E-state index contributed by atoms with van der Waals surface area (Å²) in [6.45, 7) is 0. The monoisotopic (exact) mass is 660 g/mol. The minimum absolute atomic E-state index is 0.710. The number of hydrogen-bond donors (Lipinski definition) is 0. The number of hydrogen-bond acceptors (Lipinski definition) is 2. The van der Waals surface area contributed by atoms with E-state index in [2.05, 4.69) is 170 Å². The molecule has 2 nitrogen and oxygen atoms in total. The van der Waals surface area contributed by atoms with E-state index in [1.165, 1.54) is 60.8 Å². The molecule has 242 valence electrons. The number of aromatic nitrogens is 2. The Bertz CT molecular complexity index is 2740. The molecule has 10 rings (SSSR count). The second-order valence-corrected chi connectivity index (χ2v) is 13.3. The van der Waals surface area contributed by atoms with Crippen molar-refractivity contribution >= 4 is 10.8 Å². The Balaban J connectivity index is 1.06. The number of benzene rings is 8. The summed E-state index contributed by atoms with van der Waals surface area (Å²) >= 11 is 0. The minimum Gasteiger partial charge on any atom is -0.228 e. The molecule has 1 aliphatic carbocycles. The van der Waals surface area contributed by atoms with Crippen molar-refractivity contribution in [1.82, 2.24) is 9.97 Å². The second kappa shape index (κ2) is 12.5. The summed E-state index contributed by atoms with van der Waals surface area (Å²) < 4.78 is 0. The molecule has 9 aromatic rings. The van der Waals surface area contributed by atoms with Gasteiger partial charge in [0.25, 0.3) is 0 Å². The summed E-state index contributed by atoms with van der Waals surface area (Å²) in [6.07, 6.45) is 0. The molecule has 8 aromatic carbocycles. The van der Waals surface area contributed by atoms with Crippen molar-refractivity contribution in [2.45, 2.75) is 0 Å². The summed E-state index contributed by atoms with van der Waals surface area (Å²) in [5.41, 5.74) is 17.3. The van der Waals surface area contributed by atoms with Gasteiger partial charge in [-0.1, -0.05) is 182 Å². The summed E-state index contributed by atoms with van der Waals surface area (Å²) in [6, 6.07) is 69.1. The molecule has 0 aliphatic heterocycles. The molecule has 1 heterocycles. The Morgan fingerprint density at radius 1 is 0.250 bits per heavy atom. The lowest BCUT2D eigenvalue weighted by molar-refractivity contribution is 1.18. The van der Waals surface area contributed by atoms with E-state index in [1.807, 2.05) is 24.3 Å². The smallest absolute Gasteiger partial charge is 0.160 e. The maximum atomic E-state index is 5.11. The van der Waals surface area contributed by atoms with Crippen LogP contribution in [0.3, 0.4) is 0 Å². The Morgan fingerprint density at radius 2 is 0.731 bits per heavy atom. The normalized spacial score (nSPS) is 11.5. The molecular weight excluding hydrogens is 629 g/mol. The van der Waals surface area contributed by atoms with Crippen LogP contribution in [0.15, 0.2) is 194 Å². The lowest BCUT2D eigenvalue weighted by Crippen LogP contribution is -1.96. The topological polar surface area (TPSA) is 25.8 Å². The molecule has 0 amide bonds. The van der Waals surface area contributed by atoms with Crippen LogP contribution in [0.25, 0.3) is 100 Å². The fourth-order valence-electron chi connectivity index (χ4n) is 7.78. The molecule has 0 fully saturated rings. The van der Waals surface area contributed by atoms with E-state index < -0.39 is 0 Å². The molecule has 0 N–H and O–H groups in total. The highest BCUT2D eigenvalue weighted by Crippen LogP contribution is 2.50. The van der Waals surface area contributed by atoms with Gasteiger partial charge in [0.1, 0.15) is 0 Å². The summed E-state index contributed by atoms with van der Waals surface area (Å²) in [7, 11) is 0. The van der Waals surface area contributed by atoms with E-state index in [4.69, 9.17) is 9.97 Å². The Labute approximate surface area is 303 Å². The summed E-state index contributed by atoms with van der Waals surface area (Å²) in [5, 5.41) is 2.63.